The number of carbonyl (C=O) groups excluding carboxylic acids is 1. The van der Waals surface area contributed by atoms with Crippen LogP contribution in [0.1, 0.15) is 57.6 Å². The van der Waals surface area contributed by atoms with Gasteiger partial charge >= 0.3 is 0 Å². The lowest BCUT2D eigenvalue weighted by Gasteiger charge is -2.26. The summed E-state index contributed by atoms with van der Waals surface area (Å²) in [5.41, 5.74) is 0.800. The summed E-state index contributed by atoms with van der Waals surface area (Å²) >= 11 is 0. The summed E-state index contributed by atoms with van der Waals surface area (Å²) in [4.78, 5) is 18.7. The largest absolute Gasteiger partial charge is 0.490 e. The predicted molar refractivity (Wildman–Crippen MR) is 113 cm³/mol. The number of guanidine groups is 1. The molecule has 0 spiro atoms. The van der Waals surface area contributed by atoms with Crippen LogP contribution in [0.25, 0.3) is 0 Å². The van der Waals surface area contributed by atoms with E-state index in [0.717, 1.165) is 31.5 Å². The molecule has 1 amide bonds. The molecule has 1 atom stereocenters. The Bertz CT molecular complexity index is 715. The number of carbonyl (C=O) groups is 1. The minimum absolute atomic E-state index is 0.0535. The van der Waals surface area contributed by atoms with Crippen LogP contribution in [-0.4, -0.2) is 49.6 Å². The van der Waals surface area contributed by atoms with Crippen molar-refractivity contribution in [1.82, 2.24) is 15.5 Å². The zero-order valence-electron chi connectivity index (χ0n) is 17.5. The lowest BCUT2D eigenvalue weighted by Crippen LogP contribution is -2.41. The molecule has 7 heteroatoms. The Morgan fingerprint density at radius 1 is 1.31 bits per heavy atom. The second-order valence-electron chi connectivity index (χ2n) is 7.95. The number of nitrogens with zero attached hydrogens (tertiary/aromatic N) is 2. The van der Waals surface area contributed by atoms with Crippen molar-refractivity contribution in [3.63, 3.8) is 0 Å². The molecule has 1 saturated heterocycles. The first kappa shape index (κ1) is 21.4. The van der Waals surface area contributed by atoms with E-state index in [1.54, 1.807) is 6.07 Å². The lowest BCUT2D eigenvalue weighted by atomic mass is 10.1. The maximum absolute atomic E-state index is 14.4. The molecular weight excluding hydrogens is 371 g/mol. The number of amides is 1. The molecule has 29 heavy (non-hydrogen) atoms. The Morgan fingerprint density at radius 3 is 2.72 bits per heavy atom. The summed E-state index contributed by atoms with van der Waals surface area (Å²) in [5, 5.41) is 6.42. The predicted octanol–water partition coefficient (Wildman–Crippen LogP) is 3.24. The van der Waals surface area contributed by atoms with Crippen LogP contribution in [0.4, 0.5) is 4.39 Å². The molecule has 1 unspecified atom stereocenters. The summed E-state index contributed by atoms with van der Waals surface area (Å²) in [7, 11) is 0. The maximum atomic E-state index is 14.4. The Morgan fingerprint density at radius 2 is 2.07 bits per heavy atom. The second kappa shape index (κ2) is 10.5. The number of halogens is 1. The number of rotatable bonds is 8. The van der Waals surface area contributed by atoms with Crippen LogP contribution >= 0.6 is 0 Å². The first-order chi connectivity index (χ1) is 14.1. The van der Waals surface area contributed by atoms with Crippen molar-refractivity contribution in [2.45, 2.75) is 52.0 Å². The summed E-state index contributed by atoms with van der Waals surface area (Å²) in [6.07, 6.45) is 5.67. The van der Waals surface area contributed by atoms with Gasteiger partial charge in [-0.3, -0.25) is 4.79 Å². The molecule has 0 radical (unpaired) electrons. The highest BCUT2D eigenvalue weighted by atomic mass is 19.1. The Hall–Kier alpha value is -2.31. The monoisotopic (exact) mass is 404 g/mol. The Balaban J connectivity index is 1.56. The smallest absolute Gasteiger partial charge is 0.244 e. The van der Waals surface area contributed by atoms with E-state index in [1.807, 2.05) is 24.8 Å². The third kappa shape index (κ3) is 6.61. The second-order valence-corrected chi connectivity index (χ2v) is 7.95. The fourth-order valence-electron chi connectivity index (χ4n) is 3.39. The molecule has 1 aromatic carbocycles. The Kier molecular flexibility index (Phi) is 7.72. The summed E-state index contributed by atoms with van der Waals surface area (Å²) < 4.78 is 19.9. The van der Waals surface area contributed by atoms with Gasteiger partial charge in [-0.1, -0.05) is 6.07 Å². The van der Waals surface area contributed by atoms with E-state index in [9.17, 15) is 9.18 Å². The highest BCUT2D eigenvalue weighted by Gasteiger charge is 2.22. The first-order valence-corrected chi connectivity index (χ1v) is 10.8. The minimum atomic E-state index is -0.348. The topological polar surface area (TPSA) is 66.0 Å². The van der Waals surface area contributed by atoms with Crippen molar-refractivity contribution in [3.05, 3.63) is 29.6 Å². The minimum Gasteiger partial charge on any atom is -0.490 e. The third-order valence-corrected chi connectivity index (χ3v) is 5.41. The van der Waals surface area contributed by atoms with Gasteiger partial charge in [0.1, 0.15) is 6.54 Å². The van der Waals surface area contributed by atoms with Gasteiger partial charge in [0, 0.05) is 19.6 Å². The summed E-state index contributed by atoms with van der Waals surface area (Å²) in [6, 6.07) is 4.90. The number of nitrogens with one attached hydrogen (secondary N) is 2. The molecule has 1 saturated carbocycles. The fourth-order valence-corrected chi connectivity index (χ4v) is 3.39. The summed E-state index contributed by atoms with van der Waals surface area (Å²) in [5.74, 6) is 1.15. The van der Waals surface area contributed by atoms with Crippen molar-refractivity contribution >= 4 is 11.9 Å². The van der Waals surface area contributed by atoms with Gasteiger partial charge in [-0.15, -0.1) is 0 Å². The molecular formula is C22H33FN4O2. The maximum Gasteiger partial charge on any atom is 0.244 e. The van der Waals surface area contributed by atoms with Gasteiger partial charge in [0.2, 0.25) is 5.91 Å². The van der Waals surface area contributed by atoms with Crippen LogP contribution in [0.2, 0.25) is 0 Å². The van der Waals surface area contributed by atoms with Crippen LogP contribution in [0.15, 0.2) is 23.2 Å². The van der Waals surface area contributed by atoms with Crippen molar-refractivity contribution < 1.29 is 13.9 Å². The molecule has 1 heterocycles. The van der Waals surface area contributed by atoms with Crippen LogP contribution in [-0.2, 0) is 4.79 Å². The molecule has 3 rings (SSSR count). The lowest BCUT2D eigenvalue weighted by molar-refractivity contribution is -0.130. The molecule has 6 nitrogen and oxygen atoms in total. The van der Waals surface area contributed by atoms with Crippen molar-refractivity contribution in [3.8, 4) is 5.75 Å². The molecule has 1 aliphatic carbocycles. The van der Waals surface area contributed by atoms with Crippen molar-refractivity contribution in [1.29, 1.82) is 0 Å². The van der Waals surface area contributed by atoms with Crippen LogP contribution in [0.3, 0.4) is 0 Å². The molecule has 2 aliphatic rings. The molecule has 1 aromatic rings. The van der Waals surface area contributed by atoms with E-state index in [4.69, 9.17) is 4.74 Å². The van der Waals surface area contributed by atoms with Crippen molar-refractivity contribution in [2.24, 2.45) is 10.9 Å². The number of ether oxygens (including phenoxy) is 1. The number of hydrogen-bond acceptors (Lipinski definition) is 3. The van der Waals surface area contributed by atoms with E-state index in [-0.39, 0.29) is 24.3 Å². The van der Waals surface area contributed by atoms with Gasteiger partial charge in [-0.05, 0) is 69.6 Å². The van der Waals surface area contributed by atoms with E-state index >= 15 is 0 Å². The first-order valence-electron chi connectivity index (χ1n) is 10.8. The van der Waals surface area contributed by atoms with Gasteiger partial charge in [-0.25, -0.2) is 9.38 Å². The summed E-state index contributed by atoms with van der Waals surface area (Å²) in [6.45, 7) is 6.95. The van der Waals surface area contributed by atoms with Gasteiger partial charge in [0.15, 0.2) is 17.5 Å². The number of aliphatic imine (C=N–C) groups is 1. The van der Waals surface area contributed by atoms with Crippen LogP contribution < -0.4 is 15.4 Å². The van der Waals surface area contributed by atoms with E-state index in [2.05, 4.69) is 15.6 Å². The van der Waals surface area contributed by atoms with E-state index in [0.29, 0.717) is 30.8 Å². The van der Waals surface area contributed by atoms with Gasteiger partial charge in [0.05, 0.1) is 12.6 Å². The van der Waals surface area contributed by atoms with Crippen LogP contribution in [0.5, 0.6) is 5.75 Å². The number of likely N-dealkylation sites (tertiary alicyclic amines) is 1. The van der Waals surface area contributed by atoms with E-state index in [1.165, 1.54) is 25.3 Å². The average molecular weight is 405 g/mol. The number of hydrogen-bond donors (Lipinski definition) is 2. The third-order valence-electron chi connectivity index (χ3n) is 5.41. The van der Waals surface area contributed by atoms with Gasteiger partial charge in [0.25, 0.3) is 0 Å². The standard InChI is InChI=1S/C22H33FN4O2/c1-3-24-22(25-14-21(28)27-11-5-4-6-12-27)26-16(2)18-9-10-20(19(23)13-18)29-15-17-7-8-17/h9-10,13,16-17H,3-8,11-12,14-15H2,1-2H3,(H2,24,25,26). The van der Waals surface area contributed by atoms with Gasteiger partial charge < -0.3 is 20.3 Å². The Labute approximate surface area is 172 Å². The fraction of sp³-hybridized carbons (Fsp3) is 0.636. The highest BCUT2D eigenvalue weighted by molar-refractivity contribution is 5.85. The zero-order chi connectivity index (χ0) is 20.6. The number of piperidine rings is 1. The zero-order valence-corrected chi connectivity index (χ0v) is 17.5. The molecule has 0 aromatic heterocycles. The normalized spacial score (nSPS) is 18.3. The van der Waals surface area contributed by atoms with Crippen LogP contribution in [0, 0.1) is 11.7 Å². The van der Waals surface area contributed by atoms with Crippen molar-refractivity contribution in [2.75, 3.05) is 32.8 Å². The highest BCUT2D eigenvalue weighted by Crippen LogP contribution is 2.30. The SMILES string of the molecule is CCNC(=NCC(=O)N1CCCCC1)NC(C)c1ccc(OCC2CC2)c(F)c1. The number of benzene rings is 1. The molecule has 160 valence electrons. The molecule has 1 aliphatic heterocycles. The van der Waals surface area contributed by atoms with Gasteiger partial charge in [-0.2, -0.15) is 0 Å². The van der Waals surface area contributed by atoms with E-state index < -0.39 is 0 Å². The molecule has 2 fully saturated rings. The molecule has 0 bridgehead atoms. The average Bonchev–Trinajstić information content (AvgIpc) is 3.56. The quantitative estimate of drug-likeness (QED) is 0.516. The molecule has 2 N–H and O–H groups in total.